The zero-order chi connectivity index (χ0) is 21.7. The summed E-state index contributed by atoms with van der Waals surface area (Å²) in [7, 11) is 3.36. The van der Waals surface area contributed by atoms with E-state index >= 15 is 0 Å². The molecule has 1 aromatic carbocycles. The van der Waals surface area contributed by atoms with Crippen molar-refractivity contribution in [3.05, 3.63) is 35.9 Å². The molecule has 2 aliphatic heterocycles. The van der Waals surface area contributed by atoms with E-state index in [1.165, 1.54) is 9.80 Å². The van der Waals surface area contributed by atoms with Crippen LogP contribution in [0.25, 0.3) is 0 Å². The molecule has 0 aromatic heterocycles. The van der Waals surface area contributed by atoms with Gasteiger partial charge >= 0.3 is 6.09 Å². The van der Waals surface area contributed by atoms with Gasteiger partial charge in [-0.2, -0.15) is 0 Å². The zero-order valence-corrected chi connectivity index (χ0v) is 17.3. The lowest BCUT2D eigenvalue weighted by atomic mass is 10.1. The number of nitrogens with one attached hydrogen (secondary N) is 1. The fraction of sp³-hybridized carbons (Fsp3) is 0.571. The number of carbonyl (C=O) groups is 3. The van der Waals surface area contributed by atoms with Crippen molar-refractivity contribution in [2.24, 2.45) is 0 Å². The van der Waals surface area contributed by atoms with Crippen molar-refractivity contribution in [1.82, 2.24) is 15.1 Å². The first-order valence-electron chi connectivity index (χ1n) is 10.1. The van der Waals surface area contributed by atoms with Crippen LogP contribution in [0.2, 0.25) is 0 Å². The molecule has 30 heavy (non-hydrogen) atoms. The van der Waals surface area contributed by atoms with E-state index in [1.807, 2.05) is 30.3 Å². The third-order valence-electron chi connectivity index (χ3n) is 5.35. The maximum absolute atomic E-state index is 12.7. The first kappa shape index (κ1) is 22.0. The SMILES string of the molecule is CN(C)C(=O)C1CCC(CNC(=O)[C@@H]2C[C@@H](O)CN2C(=O)OCc2ccccc2)O1. The number of likely N-dealkylation sites (tertiary alicyclic amines) is 1. The van der Waals surface area contributed by atoms with E-state index in [0.717, 1.165) is 5.56 Å². The largest absolute Gasteiger partial charge is 0.445 e. The lowest BCUT2D eigenvalue weighted by Crippen LogP contribution is -2.47. The molecule has 2 aliphatic rings. The van der Waals surface area contributed by atoms with Gasteiger partial charge in [0.2, 0.25) is 5.91 Å². The number of aliphatic hydroxyl groups is 1. The number of likely N-dealkylation sites (N-methyl/N-ethyl adjacent to an activating group) is 1. The van der Waals surface area contributed by atoms with E-state index in [1.54, 1.807) is 14.1 Å². The number of ether oxygens (including phenoxy) is 2. The highest BCUT2D eigenvalue weighted by atomic mass is 16.6. The van der Waals surface area contributed by atoms with E-state index < -0.39 is 24.3 Å². The van der Waals surface area contributed by atoms with Crippen LogP contribution in [0.3, 0.4) is 0 Å². The number of hydrogen-bond acceptors (Lipinski definition) is 6. The highest BCUT2D eigenvalue weighted by Crippen LogP contribution is 2.22. The summed E-state index contributed by atoms with van der Waals surface area (Å²) in [6.45, 7) is 0.387. The molecule has 2 fully saturated rings. The second kappa shape index (κ2) is 9.90. The van der Waals surface area contributed by atoms with E-state index in [2.05, 4.69) is 5.32 Å². The van der Waals surface area contributed by atoms with E-state index in [0.29, 0.717) is 12.8 Å². The van der Waals surface area contributed by atoms with Crippen LogP contribution in [0.5, 0.6) is 0 Å². The Morgan fingerprint density at radius 1 is 1.23 bits per heavy atom. The van der Waals surface area contributed by atoms with Crippen molar-refractivity contribution in [3.63, 3.8) is 0 Å². The Balaban J connectivity index is 1.49. The van der Waals surface area contributed by atoms with Gasteiger partial charge in [0.1, 0.15) is 18.8 Å². The van der Waals surface area contributed by atoms with Crippen molar-refractivity contribution < 1.29 is 29.0 Å². The number of amides is 3. The summed E-state index contributed by atoms with van der Waals surface area (Å²) in [4.78, 5) is 39.9. The Kier molecular flexibility index (Phi) is 7.28. The van der Waals surface area contributed by atoms with Gasteiger partial charge in [-0.15, -0.1) is 0 Å². The first-order chi connectivity index (χ1) is 14.3. The van der Waals surface area contributed by atoms with Gasteiger partial charge in [0, 0.05) is 27.1 Å². The highest BCUT2D eigenvalue weighted by Gasteiger charge is 2.40. The Hall–Kier alpha value is -2.65. The van der Waals surface area contributed by atoms with Crippen LogP contribution in [0.4, 0.5) is 4.79 Å². The van der Waals surface area contributed by atoms with E-state index in [-0.39, 0.29) is 44.0 Å². The molecule has 2 heterocycles. The van der Waals surface area contributed by atoms with Crippen LogP contribution in [0.15, 0.2) is 30.3 Å². The minimum Gasteiger partial charge on any atom is -0.445 e. The number of rotatable bonds is 6. The van der Waals surface area contributed by atoms with Crippen LogP contribution >= 0.6 is 0 Å². The Labute approximate surface area is 175 Å². The molecule has 2 saturated heterocycles. The van der Waals surface area contributed by atoms with Gasteiger partial charge in [0.25, 0.3) is 5.91 Å². The molecular weight excluding hydrogens is 390 g/mol. The molecule has 9 heteroatoms. The summed E-state index contributed by atoms with van der Waals surface area (Å²) in [5.41, 5.74) is 0.840. The van der Waals surface area contributed by atoms with Crippen LogP contribution in [0, 0.1) is 0 Å². The van der Waals surface area contributed by atoms with Gasteiger partial charge < -0.3 is 24.8 Å². The normalized spacial score (nSPS) is 25.8. The minimum absolute atomic E-state index is 0.0467. The van der Waals surface area contributed by atoms with Gasteiger partial charge in [0.15, 0.2) is 0 Å². The fourth-order valence-corrected chi connectivity index (χ4v) is 3.72. The Morgan fingerprint density at radius 3 is 2.67 bits per heavy atom. The lowest BCUT2D eigenvalue weighted by Gasteiger charge is -2.24. The number of aliphatic hydroxyl groups excluding tert-OH is 1. The molecule has 3 rings (SSSR count). The average Bonchev–Trinajstić information content (AvgIpc) is 3.37. The fourth-order valence-electron chi connectivity index (χ4n) is 3.72. The first-order valence-corrected chi connectivity index (χ1v) is 10.1. The third kappa shape index (κ3) is 5.48. The Morgan fingerprint density at radius 2 is 1.97 bits per heavy atom. The third-order valence-corrected chi connectivity index (χ3v) is 5.35. The lowest BCUT2D eigenvalue weighted by molar-refractivity contribution is -0.140. The van der Waals surface area contributed by atoms with Gasteiger partial charge in [-0.05, 0) is 18.4 Å². The van der Waals surface area contributed by atoms with Crippen molar-refractivity contribution in [2.45, 2.75) is 50.2 Å². The molecule has 2 N–H and O–H groups in total. The number of carbonyl (C=O) groups excluding carboxylic acids is 3. The quantitative estimate of drug-likeness (QED) is 0.696. The molecule has 3 amide bonds. The molecule has 0 bridgehead atoms. The monoisotopic (exact) mass is 419 g/mol. The summed E-state index contributed by atoms with van der Waals surface area (Å²) >= 11 is 0. The van der Waals surface area contributed by atoms with Crippen molar-refractivity contribution in [3.8, 4) is 0 Å². The minimum atomic E-state index is -0.802. The zero-order valence-electron chi connectivity index (χ0n) is 17.3. The van der Waals surface area contributed by atoms with Gasteiger partial charge in [-0.25, -0.2) is 4.79 Å². The molecule has 2 unspecified atom stereocenters. The summed E-state index contributed by atoms with van der Waals surface area (Å²) in [5.74, 6) is -0.454. The van der Waals surface area contributed by atoms with Gasteiger partial charge in [0.05, 0.1) is 18.8 Å². The smallest absolute Gasteiger partial charge is 0.410 e. The average molecular weight is 419 g/mol. The second-order valence-corrected chi connectivity index (χ2v) is 7.90. The topological polar surface area (TPSA) is 108 Å². The predicted molar refractivity (Wildman–Crippen MR) is 107 cm³/mol. The number of nitrogens with zero attached hydrogens (tertiary/aromatic N) is 2. The molecular formula is C21H29N3O6. The maximum atomic E-state index is 12.7. The number of hydrogen-bond donors (Lipinski definition) is 2. The molecule has 4 atom stereocenters. The Bertz CT molecular complexity index is 756. The van der Waals surface area contributed by atoms with E-state index in [4.69, 9.17) is 9.47 Å². The van der Waals surface area contributed by atoms with Crippen LogP contribution in [0.1, 0.15) is 24.8 Å². The predicted octanol–water partition coefficient (Wildman–Crippen LogP) is 0.510. The molecule has 0 radical (unpaired) electrons. The van der Waals surface area contributed by atoms with Crippen LogP contribution < -0.4 is 5.32 Å². The van der Waals surface area contributed by atoms with Crippen LogP contribution in [-0.2, 0) is 25.7 Å². The maximum Gasteiger partial charge on any atom is 0.410 e. The molecule has 0 saturated carbocycles. The summed E-state index contributed by atoms with van der Waals surface area (Å²) in [6.07, 6.45) is -0.732. The van der Waals surface area contributed by atoms with Gasteiger partial charge in [-0.3, -0.25) is 14.5 Å². The molecule has 164 valence electrons. The van der Waals surface area contributed by atoms with Crippen molar-refractivity contribution in [2.75, 3.05) is 27.2 Å². The molecule has 0 aliphatic carbocycles. The van der Waals surface area contributed by atoms with Crippen molar-refractivity contribution in [1.29, 1.82) is 0 Å². The van der Waals surface area contributed by atoms with Crippen molar-refractivity contribution >= 4 is 17.9 Å². The molecule has 1 aromatic rings. The standard InChI is InChI=1S/C21H29N3O6/c1-23(2)20(27)18-9-8-16(30-18)11-22-19(26)17-10-15(25)12-24(17)21(28)29-13-14-6-4-3-5-7-14/h3-7,15-18,25H,8-13H2,1-2H3,(H,22,26)/t15-,16?,17+,18?/m1/s1. The van der Waals surface area contributed by atoms with Crippen LogP contribution in [-0.4, -0.2) is 84.4 Å². The number of β-amino-alcohol motifs (C(OH)–C–C–N with tert-alkyl or cyclic N) is 1. The summed E-state index contributed by atoms with van der Waals surface area (Å²) < 4.78 is 11.0. The van der Waals surface area contributed by atoms with E-state index in [9.17, 15) is 19.5 Å². The summed E-state index contributed by atoms with van der Waals surface area (Å²) in [6, 6.07) is 8.44. The van der Waals surface area contributed by atoms with Gasteiger partial charge in [-0.1, -0.05) is 30.3 Å². The second-order valence-electron chi connectivity index (χ2n) is 7.90. The number of benzene rings is 1. The highest BCUT2D eigenvalue weighted by molar-refractivity contribution is 5.86. The summed E-state index contributed by atoms with van der Waals surface area (Å²) in [5, 5.41) is 12.8. The molecule has 0 spiro atoms. The molecule has 9 nitrogen and oxygen atoms in total.